The van der Waals surface area contributed by atoms with Gasteiger partial charge in [0.1, 0.15) is 11.7 Å². The van der Waals surface area contributed by atoms with Crippen LogP contribution >= 0.6 is 11.9 Å². The van der Waals surface area contributed by atoms with E-state index in [0.717, 1.165) is 30.4 Å². The summed E-state index contributed by atoms with van der Waals surface area (Å²) in [4.78, 5) is 10.4. The maximum absolute atomic E-state index is 4.71. The lowest BCUT2D eigenvalue weighted by molar-refractivity contribution is 0.479. The molecule has 1 aromatic carbocycles. The van der Waals surface area contributed by atoms with Crippen molar-refractivity contribution in [2.45, 2.75) is 25.3 Å². The van der Waals surface area contributed by atoms with E-state index in [-0.39, 0.29) is 0 Å². The van der Waals surface area contributed by atoms with Gasteiger partial charge >= 0.3 is 0 Å². The van der Waals surface area contributed by atoms with Crippen LogP contribution in [0.1, 0.15) is 17.1 Å². The molecule has 1 aliphatic rings. The summed E-state index contributed by atoms with van der Waals surface area (Å²) in [5.41, 5.74) is 2.28. The number of aromatic amines is 1. The van der Waals surface area contributed by atoms with Gasteiger partial charge in [0.15, 0.2) is 5.82 Å². The van der Waals surface area contributed by atoms with Crippen LogP contribution in [0, 0.1) is 13.8 Å². The lowest BCUT2D eigenvalue weighted by Gasteiger charge is -2.27. The van der Waals surface area contributed by atoms with Gasteiger partial charge in [-0.15, -0.1) is 0 Å². The number of aliphatic imine (C=N–C) groups is 1. The largest absolute Gasteiger partial charge is 0.289 e. The molecule has 0 aliphatic carbocycles. The second-order valence-electron chi connectivity index (χ2n) is 5.81. The number of aryl methyl sites for hydroxylation is 2. The van der Waals surface area contributed by atoms with Crippen LogP contribution in [0.15, 0.2) is 52.6 Å². The summed E-state index contributed by atoms with van der Waals surface area (Å²) in [6.07, 6.45) is 3.78. The molecule has 0 bridgehead atoms. The van der Waals surface area contributed by atoms with Crippen LogP contribution in [-0.2, 0) is 6.54 Å². The van der Waals surface area contributed by atoms with E-state index in [1.54, 1.807) is 11.9 Å². The Labute approximate surface area is 144 Å². The van der Waals surface area contributed by atoms with Gasteiger partial charge in [0.2, 0.25) is 0 Å². The number of H-pyrrole nitrogens is 1. The predicted molar refractivity (Wildman–Crippen MR) is 95.5 cm³/mol. The van der Waals surface area contributed by atoms with Crippen LogP contribution in [0.25, 0.3) is 0 Å². The van der Waals surface area contributed by atoms with Crippen molar-refractivity contribution in [1.82, 2.24) is 24.1 Å². The van der Waals surface area contributed by atoms with Gasteiger partial charge in [-0.05, 0) is 37.4 Å². The molecule has 3 heterocycles. The first-order valence-electron chi connectivity index (χ1n) is 7.80. The van der Waals surface area contributed by atoms with Crippen molar-refractivity contribution in [2.24, 2.45) is 4.99 Å². The predicted octanol–water partition coefficient (Wildman–Crippen LogP) is 3.32. The van der Waals surface area contributed by atoms with E-state index in [4.69, 9.17) is 4.99 Å². The van der Waals surface area contributed by atoms with Crippen LogP contribution in [0.5, 0.6) is 0 Å². The molecular weight excluding hydrogens is 320 g/mol. The summed E-state index contributed by atoms with van der Waals surface area (Å²) in [5.74, 6) is 2.62. The van der Waals surface area contributed by atoms with E-state index in [1.165, 1.54) is 10.5 Å². The highest BCUT2D eigenvalue weighted by atomic mass is 32.2. The van der Waals surface area contributed by atoms with Gasteiger partial charge in [0.25, 0.3) is 0 Å². The Morgan fingerprint density at radius 1 is 1.21 bits per heavy atom. The zero-order valence-electron chi connectivity index (χ0n) is 13.6. The van der Waals surface area contributed by atoms with Crippen LogP contribution in [0.2, 0.25) is 0 Å². The highest BCUT2D eigenvalue weighted by Gasteiger charge is 2.23. The molecule has 1 N–H and O–H groups in total. The van der Waals surface area contributed by atoms with Crippen LogP contribution in [0.4, 0.5) is 5.82 Å². The number of aromatic nitrogens is 4. The van der Waals surface area contributed by atoms with Gasteiger partial charge in [-0.25, -0.2) is 14.3 Å². The van der Waals surface area contributed by atoms with E-state index < -0.39 is 0 Å². The van der Waals surface area contributed by atoms with Crippen molar-refractivity contribution in [3.8, 4) is 0 Å². The minimum Gasteiger partial charge on any atom is -0.289 e. The molecule has 1 aliphatic heterocycles. The molecular formula is C17H18N6S. The topological polar surface area (TPSA) is 62.1 Å². The van der Waals surface area contributed by atoms with Crippen LogP contribution in [-0.4, -0.2) is 36.4 Å². The summed E-state index contributed by atoms with van der Waals surface area (Å²) >= 11 is 1.75. The van der Waals surface area contributed by atoms with Gasteiger partial charge in [-0.1, -0.05) is 18.2 Å². The summed E-state index contributed by atoms with van der Waals surface area (Å²) < 4.78 is 4.34. The first-order chi connectivity index (χ1) is 11.7. The Morgan fingerprint density at radius 2 is 2.08 bits per heavy atom. The molecule has 7 heteroatoms. The molecule has 24 heavy (non-hydrogen) atoms. The molecule has 0 unspecified atom stereocenters. The third-order valence-corrected chi connectivity index (χ3v) is 5.06. The zero-order valence-corrected chi connectivity index (χ0v) is 14.4. The maximum atomic E-state index is 4.71. The monoisotopic (exact) mass is 338 g/mol. The fourth-order valence-electron chi connectivity index (χ4n) is 2.68. The summed E-state index contributed by atoms with van der Waals surface area (Å²) in [6, 6.07) is 10.4. The van der Waals surface area contributed by atoms with Crippen molar-refractivity contribution in [2.75, 3.05) is 6.54 Å². The van der Waals surface area contributed by atoms with Crippen molar-refractivity contribution in [1.29, 1.82) is 0 Å². The second-order valence-corrected chi connectivity index (χ2v) is 6.94. The lowest BCUT2D eigenvalue weighted by Crippen LogP contribution is -2.35. The average molecular weight is 338 g/mol. The first kappa shape index (κ1) is 15.2. The zero-order chi connectivity index (χ0) is 16.5. The number of hydrogen-bond donors (Lipinski definition) is 1. The summed E-state index contributed by atoms with van der Waals surface area (Å²) in [5, 5.41) is 7.15. The molecule has 0 radical (unpaired) electrons. The number of nitrogens with zero attached hydrogens (tertiary/aromatic N) is 5. The third kappa shape index (κ3) is 3.00. The van der Waals surface area contributed by atoms with E-state index in [0.29, 0.717) is 5.82 Å². The van der Waals surface area contributed by atoms with E-state index in [1.807, 2.05) is 25.4 Å². The third-order valence-electron chi connectivity index (χ3n) is 3.89. The quantitative estimate of drug-likeness (QED) is 0.744. The highest BCUT2D eigenvalue weighted by molar-refractivity contribution is 7.97. The standard InChI is InChI=1S/C17H18N6S/c1-12-5-3-4-6-14(12)24-22-10-16-18-7-8-23(16)17(11-22)19-15-9-13(2)20-21-15/h3-9H,10-11H2,1-2H3,(H,20,21). The van der Waals surface area contributed by atoms with Crippen LogP contribution in [0.3, 0.4) is 0 Å². The number of hydrogen-bond acceptors (Lipinski definition) is 5. The highest BCUT2D eigenvalue weighted by Crippen LogP contribution is 2.29. The molecule has 0 saturated carbocycles. The Kier molecular flexibility index (Phi) is 3.95. The van der Waals surface area contributed by atoms with E-state index in [2.05, 4.69) is 55.2 Å². The number of benzene rings is 1. The number of imidazole rings is 1. The molecule has 3 aromatic rings. The smallest absolute Gasteiger partial charge is 0.175 e. The molecule has 122 valence electrons. The van der Waals surface area contributed by atoms with E-state index in [9.17, 15) is 0 Å². The van der Waals surface area contributed by atoms with Crippen molar-refractivity contribution in [3.05, 3.63) is 59.8 Å². The molecule has 0 atom stereocenters. The fraction of sp³-hybridized carbons (Fsp3) is 0.235. The lowest BCUT2D eigenvalue weighted by atomic mass is 10.2. The van der Waals surface area contributed by atoms with Gasteiger partial charge in [-0.3, -0.25) is 9.67 Å². The number of rotatable bonds is 3. The van der Waals surface area contributed by atoms with Gasteiger partial charge in [0.05, 0.1) is 13.1 Å². The maximum Gasteiger partial charge on any atom is 0.175 e. The Bertz CT molecular complexity index is 894. The molecule has 2 aromatic heterocycles. The summed E-state index contributed by atoms with van der Waals surface area (Å²) in [7, 11) is 0. The van der Waals surface area contributed by atoms with Gasteiger partial charge < -0.3 is 0 Å². The Morgan fingerprint density at radius 3 is 2.88 bits per heavy atom. The molecule has 0 spiro atoms. The minimum absolute atomic E-state index is 0.699. The van der Waals surface area contributed by atoms with Gasteiger partial charge in [-0.2, -0.15) is 5.10 Å². The van der Waals surface area contributed by atoms with Crippen LogP contribution < -0.4 is 0 Å². The summed E-state index contributed by atoms with van der Waals surface area (Å²) in [6.45, 7) is 5.62. The Balaban J connectivity index is 1.64. The van der Waals surface area contributed by atoms with Crippen molar-refractivity contribution < 1.29 is 0 Å². The normalized spacial score (nSPS) is 16.5. The Hall–Kier alpha value is -2.38. The fourth-order valence-corrected chi connectivity index (χ4v) is 3.67. The van der Waals surface area contributed by atoms with E-state index >= 15 is 0 Å². The SMILES string of the molecule is Cc1cc(N=C2CN(Sc3ccccc3C)Cc3nccn32)n[nH]1. The average Bonchev–Trinajstić information content (AvgIpc) is 3.19. The first-order valence-corrected chi connectivity index (χ1v) is 8.57. The molecule has 0 saturated heterocycles. The van der Waals surface area contributed by atoms with Gasteiger partial charge in [0, 0.05) is 29.0 Å². The van der Waals surface area contributed by atoms with Crippen molar-refractivity contribution in [3.63, 3.8) is 0 Å². The number of nitrogens with one attached hydrogen (secondary N) is 1. The molecule has 0 fully saturated rings. The molecule has 0 amide bonds. The van der Waals surface area contributed by atoms with Crippen molar-refractivity contribution >= 4 is 23.6 Å². The number of fused-ring (bicyclic) bond motifs is 1. The second kappa shape index (κ2) is 6.26. The molecule has 6 nitrogen and oxygen atoms in total. The minimum atomic E-state index is 0.699. The molecule has 4 rings (SSSR count).